The summed E-state index contributed by atoms with van der Waals surface area (Å²) in [5, 5.41) is 0.665. The Morgan fingerprint density at radius 1 is 1.10 bits per heavy atom. The molecule has 0 aliphatic carbocycles. The molecule has 0 fully saturated rings. The molecule has 0 aliphatic heterocycles. The molecule has 4 rings (SSSR count). The van der Waals surface area contributed by atoms with Crippen molar-refractivity contribution >= 4 is 45.7 Å². The van der Waals surface area contributed by atoms with Crippen molar-refractivity contribution in [2.75, 3.05) is 26.2 Å². The topological polar surface area (TPSA) is 51.9 Å². The number of benzene rings is 2. The number of imidazole rings is 1. The van der Waals surface area contributed by atoms with Crippen LogP contribution in [0.4, 0.5) is 11.5 Å². The van der Waals surface area contributed by atoms with Gasteiger partial charge in [0.2, 0.25) is 0 Å². The van der Waals surface area contributed by atoms with E-state index in [-0.39, 0.29) is 0 Å². The monoisotopic (exact) mass is 422 g/mol. The van der Waals surface area contributed by atoms with Crippen LogP contribution in [0.1, 0.15) is 18.3 Å². The molecule has 0 amide bonds. The van der Waals surface area contributed by atoms with E-state index in [2.05, 4.69) is 9.38 Å². The largest absolute Gasteiger partial charge is 0.493 e. The zero-order valence-corrected chi connectivity index (χ0v) is 18.4. The van der Waals surface area contributed by atoms with Crippen molar-refractivity contribution in [3.63, 3.8) is 0 Å². The molecule has 0 bridgehead atoms. The van der Waals surface area contributed by atoms with E-state index >= 15 is 0 Å². The molecule has 154 valence electrons. The molecule has 2 aromatic heterocycles. The van der Waals surface area contributed by atoms with Crippen LogP contribution in [0.15, 0.2) is 42.6 Å². The fourth-order valence-electron chi connectivity index (χ4n) is 3.74. The van der Waals surface area contributed by atoms with Crippen molar-refractivity contribution in [3.05, 3.63) is 59.0 Å². The van der Waals surface area contributed by atoms with Crippen LogP contribution in [0.5, 0.6) is 11.5 Å². The van der Waals surface area contributed by atoms with Gasteiger partial charge in [0, 0.05) is 19.2 Å². The molecule has 0 atom stereocenters. The normalized spacial score (nSPS) is 11.5. The quantitative estimate of drug-likeness (QED) is 0.415. The van der Waals surface area contributed by atoms with Gasteiger partial charge in [-0.25, -0.2) is 9.97 Å². The number of hydrogen-bond acceptors (Lipinski definition) is 5. The lowest BCUT2D eigenvalue weighted by Gasteiger charge is -2.23. The molecule has 0 aliphatic rings. The van der Waals surface area contributed by atoms with Gasteiger partial charge < -0.3 is 14.4 Å². The standard InChI is InChI=1S/C23H23ClN4O2/c1-6-8-21-25-13-18-23(27(3)22-14(2)9-7-10-15(22)24)26-16-11-19(29-4)20(30-5)12-17(16)28(18)21/h6-13H,1-5H3/b8-6+. The van der Waals surface area contributed by atoms with Gasteiger partial charge in [-0.05, 0) is 31.6 Å². The molecule has 0 saturated carbocycles. The smallest absolute Gasteiger partial charge is 0.163 e. The van der Waals surface area contributed by atoms with E-state index in [1.54, 1.807) is 14.2 Å². The van der Waals surface area contributed by atoms with Gasteiger partial charge in [-0.15, -0.1) is 0 Å². The number of rotatable bonds is 5. The van der Waals surface area contributed by atoms with Crippen LogP contribution in [0, 0.1) is 6.92 Å². The van der Waals surface area contributed by atoms with Gasteiger partial charge in [-0.3, -0.25) is 4.40 Å². The second-order valence-corrected chi connectivity index (χ2v) is 7.34. The van der Waals surface area contributed by atoms with Crippen LogP contribution in [-0.4, -0.2) is 35.6 Å². The third kappa shape index (κ3) is 3.13. The fourth-order valence-corrected chi connectivity index (χ4v) is 4.09. The molecule has 0 saturated heterocycles. The highest BCUT2D eigenvalue weighted by atomic mass is 35.5. The van der Waals surface area contributed by atoms with E-state index in [1.807, 2.05) is 74.5 Å². The number of anilines is 2. The molecular weight excluding hydrogens is 400 g/mol. The third-order valence-corrected chi connectivity index (χ3v) is 5.43. The van der Waals surface area contributed by atoms with Crippen molar-refractivity contribution in [3.8, 4) is 11.5 Å². The van der Waals surface area contributed by atoms with Crippen molar-refractivity contribution in [1.29, 1.82) is 0 Å². The maximum atomic E-state index is 6.55. The average Bonchev–Trinajstić information content (AvgIpc) is 3.16. The lowest BCUT2D eigenvalue weighted by atomic mass is 10.2. The first-order valence-electron chi connectivity index (χ1n) is 9.54. The molecular formula is C23H23ClN4O2. The summed E-state index contributed by atoms with van der Waals surface area (Å²) in [6, 6.07) is 9.66. The number of allylic oxidation sites excluding steroid dienone is 1. The average molecular weight is 423 g/mol. The highest BCUT2D eigenvalue weighted by Crippen LogP contribution is 2.38. The number of para-hydroxylation sites is 1. The van der Waals surface area contributed by atoms with Gasteiger partial charge in [0.25, 0.3) is 0 Å². The van der Waals surface area contributed by atoms with Crippen LogP contribution in [0.3, 0.4) is 0 Å². The van der Waals surface area contributed by atoms with Crippen molar-refractivity contribution < 1.29 is 9.47 Å². The van der Waals surface area contributed by atoms with Crippen molar-refractivity contribution in [2.45, 2.75) is 13.8 Å². The van der Waals surface area contributed by atoms with E-state index in [4.69, 9.17) is 26.1 Å². The Morgan fingerprint density at radius 3 is 2.50 bits per heavy atom. The van der Waals surface area contributed by atoms with E-state index in [0.717, 1.165) is 39.4 Å². The minimum atomic E-state index is 0.618. The molecule has 30 heavy (non-hydrogen) atoms. The zero-order chi connectivity index (χ0) is 21.4. The lowest BCUT2D eigenvalue weighted by Crippen LogP contribution is -2.15. The van der Waals surface area contributed by atoms with Gasteiger partial charge in [0.15, 0.2) is 17.3 Å². The predicted octanol–water partition coefficient (Wildman–Crippen LogP) is 5.66. The molecule has 2 heterocycles. The minimum Gasteiger partial charge on any atom is -0.493 e. The highest BCUT2D eigenvalue weighted by molar-refractivity contribution is 6.33. The molecule has 4 aromatic rings. The van der Waals surface area contributed by atoms with Crippen molar-refractivity contribution in [2.24, 2.45) is 0 Å². The Kier molecular flexibility index (Phi) is 5.26. The summed E-state index contributed by atoms with van der Waals surface area (Å²) >= 11 is 6.55. The number of nitrogens with zero attached hydrogens (tertiary/aromatic N) is 4. The van der Waals surface area contributed by atoms with Crippen LogP contribution in [0.25, 0.3) is 22.6 Å². The third-order valence-electron chi connectivity index (χ3n) is 5.12. The van der Waals surface area contributed by atoms with Gasteiger partial charge in [0.1, 0.15) is 11.3 Å². The van der Waals surface area contributed by atoms with Gasteiger partial charge in [0.05, 0.1) is 42.2 Å². The van der Waals surface area contributed by atoms with E-state index in [1.165, 1.54) is 0 Å². The highest BCUT2D eigenvalue weighted by Gasteiger charge is 2.20. The summed E-state index contributed by atoms with van der Waals surface area (Å²) in [6.45, 7) is 4.00. The lowest BCUT2D eigenvalue weighted by molar-refractivity contribution is 0.355. The number of halogens is 1. The van der Waals surface area contributed by atoms with E-state index in [0.29, 0.717) is 16.5 Å². The number of aryl methyl sites for hydroxylation is 1. The zero-order valence-electron chi connectivity index (χ0n) is 17.6. The van der Waals surface area contributed by atoms with E-state index in [9.17, 15) is 0 Å². The number of ether oxygens (including phenoxy) is 2. The molecule has 7 heteroatoms. The molecule has 0 spiro atoms. The summed E-state index contributed by atoms with van der Waals surface area (Å²) in [6.07, 6.45) is 5.76. The minimum absolute atomic E-state index is 0.618. The Labute approximate surface area is 180 Å². The molecule has 6 nitrogen and oxygen atoms in total. The second kappa shape index (κ2) is 7.88. The maximum absolute atomic E-state index is 6.55. The summed E-state index contributed by atoms with van der Waals surface area (Å²) < 4.78 is 13.1. The van der Waals surface area contributed by atoms with Crippen LogP contribution in [0.2, 0.25) is 5.02 Å². The SMILES string of the molecule is C/C=C/c1ncc2c(N(C)c3c(C)cccc3Cl)nc3cc(OC)c(OC)cc3n12. The summed E-state index contributed by atoms with van der Waals surface area (Å²) in [7, 11) is 5.20. The molecule has 0 unspecified atom stereocenters. The number of fused-ring (bicyclic) bond motifs is 3. The molecule has 2 aromatic carbocycles. The Bertz CT molecular complexity index is 1260. The summed E-state index contributed by atoms with van der Waals surface area (Å²) in [5.41, 5.74) is 4.47. The Balaban J connectivity index is 2.09. The van der Waals surface area contributed by atoms with E-state index < -0.39 is 0 Å². The number of aromatic nitrogens is 3. The van der Waals surface area contributed by atoms with Crippen molar-refractivity contribution in [1.82, 2.24) is 14.4 Å². The summed E-state index contributed by atoms with van der Waals surface area (Å²) in [5.74, 6) is 2.80. The van der Waals surface area contributed by atoms with Crippen LogP contribution >= 0.6 is 11.6 Å². The maximum Gasteiger partial charge on any atom is 0.163 e. The van der Waals surface area contributed by atoms with Gasteiger partial charge in [-0.2, -0.15) is 0 Å². The first-order valence-corrected chi connectivity index (χ1v) is 9.92. The second-order valence-electron chi connectivity index (χ2n) is 6.93. The molecule has 0 radical (unpaired) electrons. The van der Waals surface area contributed by atoms with Gasteiger partial charge >= 0.3 is 0 Å². The first kappa shape index (κ1) is 20.0. The fraction of sp³-hybridized carbons (Fsp3) is 0.217. The Hall–Kier alpha value is -3.25. The first-order chi connectivity index (χ1) is 14.5. The van der Waals surface area contributed by atoms with Gasteiger partial charge in [-0.1, -0.05) is 29.8 Å². The van der Waals surface area contributed by atoms with Crippen LogP contribution < -0.4 is 14.4 Å². The molecule has 0 N–H and O–H groups in total. The Morgan fingerprint density at radius 2 is 1.83 bits per heavy atom. The number of methoxy groups -OCH3 is 2. The summed E-state index contributed by atoms with van der Waals surface area (Å²) in [4.78, 5) is 11.6. The number of hydrogen-bond donors (Lipinski definition) is 0. The predicted molar refractivity (Wildman–Crippen MR) is 123 cm³/mol. The van der Waals surface area contributed by atoms with Crippen LogP contribution in [-0.2, 0) is 0 Å².